The molecule has 0 bridgehead atoms. The Balaban J connectivity index is 2.56. The number of carboxylic acids is 1. The first-order valence-corrected chi connectivity index (χ1v) is 5.39. The second-order valence-electron chi connectivity index (χ2n) is 4.04. The summed E-state index contributed by atoms with van der Waals surface area (Å²) in [5, 5.41) is 11.6. The van der Waals surface area contributed by atoms with Gasteiger partial charge in [0.05, 0.1) is 19.1 Å². The fourth-order valence-corrected chi connectivity index (χ4v) is 1.67. The van der Waals surface area contributed by atoms with Crippen LogP contribution in [0.5, 0.6) is 0 Å². The van der Waals surface area contributed by atoms with E-state index in [2.05, 4.69) is 5.32 Å². The normalized spacial score (nSPS) is 25.5. The Hall–Kier alpha value is -1.18. The molecule has 1 rings (SSSR count). The van der Waals surface area contributed by atoms with Crippen LogP contribution in [0.1, 0.15) is 12.8 Å². The molecule has 1 fully saturated rings. The van der Waals surface area contributed by atoms with Crippen LogP contribution in [-0.4, -0.2) is 55.5 Å². The Morgan fingerprint density at radius 2 is 2.35 bits per heavy atom. The Morgan fingerprint density at radius 3 is 2.76 bits per heavy atom. The lowest BCUT2D eigenvalue weighted by Gasteiger charge is -2.24. The zero-order valence-electron chi connectivity index (χ0n) is 9.77. The van der Waals surface area contributed by atoms with E-state index < -0.39 is 23.5 Å². The molecule has 98 valence electrons. The molecule has 2 unspecified atom stereocenters. The number of ether oxygens (including phenoxy) is 2. The summed E-state index contributed by atoms with van der Waals surface area (Å²) in [4.78, 5) is 22.8. The second kappa shape index (κ2) is 5.95. The molecule has 1 saturated heterocycles. The largest absolute Gasteiger partial charge is 0.479 e. The van der Waals surface area contributed by atoms with E-state index >= 15 is 0 Å². The van der Waals surface area contributed by atoms with Gasteiger partial charge in [-0.3, -0.25) is 4.79 Å². The summed E-state index contributed by atoms with van der Waals surface area (Å²) in [5.41, 5.74) is 4.08. The zero-order chi connectivity index (χ0) is 12.9. The predicted octanol–water partition coefficient (Wildman–Crippen LogP) is -1.29. The Morgan fingerprint density at radius 1 is 1.65 bits per heavy atom. The molecule has 0 aliphatic carbocycles. The highest BCUT2D eigenvalue weighted by Crippen LogP contribution is 2.19. The third-order valence-electron chi connectivity index (χ3n) is 2.82. The molecule has 0 aromatic carbocycles. The van der Waals surface area contributed by atoms with Crippen molar-refractivity contribution in [1.82, 2.24) is 5.32 Å². The molecule has 1 heterocycles. The van der Waals surface area contributed by atoms with Gasteiger partial charge in [0.25, 0.3) is 0 Å². The number of nitrogens with two attached hydrogens (primary N) is 1. The average molecular weight is 246 g/mol. The van der Waals surface area contributed by atoms with E-state index in [9.17, 15) is 9.59 Å². The highest BCUT2D eigenvalue weighted by atomic mass is 16.5. The average Bonchev–Trinajstić information content (AvgIpc) is 2.75. The number of carbonyl (C=O) groups excluding carboxylic acids is 1. The minimum absolute atomic E-state index is 0.00561. The molecule has 1 aliphatic heterocycles. The SMILES string of the molecule is COC(CN)CC(=O)NC1(C(=O)O)CCOC1. The van der Waals surface area contributed by atoms with Crippen LogP contribution in [0.25, 0.3) is 0 Å². The van der Waals surface area contributed by atoms with Gasteiger partial charge in [0.1, 0.15) is 0 Å². The summed E-state index contributed by atoms with van der Waals surface area (Å²) in [6, 6.07) is 0. The van der Waals surface area contributed by atoms with Crippen LogP contribution < -0.4 is 11.1 Å². The van der Waals surface area contributed by atoms with E-state index in [0.29, 0.717) is 6.61 Å². The quantitative estimate of drug-likeness (QED) is 0.538. The van der Waals surface area contributed by atoms with Crippen molar-refractivity contribution in [3.8, 4) is 0 Å². The molecule has 0 aromatic rings. The number of carboxylic acid groups (broad SMARTS) is 1. The number of amides is 1. The van der Waals surface area contributed by atoms with Gasteiger partial charge < -0.3 is 25.6 Å². The Bertz CT molecular complexity index is 284. The number of hydrogen-bond acceptors (Lipinski definition) is 5. The molecule has 4 N–H and O–H groups in total. The van der Waals surface area contributed by atoms with Gasteiger partial charge in [-0.25, -0.2) is 4.79 Å². The van der Waals surface area contributed by atoms with Gasteiger partial charge in [0.2, 0.25) is 5.91 Å². The Kier molecular flexibility index (Phi) is 4.86. The second-order valence-corrected chi connectivity index (χ2v) is 4.04. The van der Waals surface area contributed by atoms with Crippen LogP contribution in [0.2, 0.25) is 0 Å². The Labute approximate surface area is 99.3 Å². The maximum atomic E-state index is 11.7. The van der Waals surface area contributed by atoms with Crippen LogP contribution in [-0.2, 0) is 19.1 Å². The fraction of sp³-hybridized carbons (Fsp3) is 0.800. The van der Waals surface area contributed by atoms with Crippen molar-refractivity contribution in [2.24, 2.45) is 5.73 Å². The number of hydrogen-bond donors (Lipinski definition) is 3. The molecular weight excluding hydrogens is 228 g/mol. The highest BCUT2D eigenvalue weighted by Gasteiger charge is 2.43. The number of aliphatic carboxylic acids is 1. The van der Waals surface area contributed by atoms with Gasteiger partial charge in [0.15, 0.2) is 5.54 Å². The monoisotopic (exact) mass is 246 g/mol. The van der Waals surface area contributed by atoms with Crippen molar-refractivity contribution < 1.29 is 24.2 Å². The van der Waals surface area contributed by atoms with E-state index in [1.165, 1.54) is 7.11 Å². The lowest BCUT2D eigenvalue weighted by molar-refractivity contribution is -0.148. The molecule has 1 aliphatic rings. The van der Waals surface area contributed by atoms with Crippen LogP contribution in [0.4, 0.5) is 0 Å². The summed E-state index contributed by atoms with van der Waals surface area (Å²) in [7, 11) is 1.45. The zero-order valence-corrected chi connectivity index (χ0v) is 9.77. The maximum Gasteiger partial charge on any atom is 0.331 e. The van der Waals surface area contributed by atoms with Gasteiger partial charge in [-0.1, -0.05) is 0 Å². The van der Waals surface area contributed by atoms with E-state index in [-0.39, 0.29) is 26.0 Å². The lowest BCUT2D eigenvalue weighted by atomic mass is 9.98. The van der Waals surface area contributed by atoms with Crippen molar-refractivity contribution in [2.75, 3.05) is 26.9 Å². The first-order valence-electron chi connectivity index (χ1n) is 5.39. The van der Waals surface area contributed by atoms with Gasteiger partial charge in [-0.05, 0) is 0 Å². The van der Waals surface area contributed by atoms with Crippen molar-refractivity contribution in [1.29, 1.82) is 0 Å². The number of rotatable bonds is 6. The van der Waals surface area contributed by atoms with Crippen molar-refractivity contribution in [3.05, 3.63) is 0 Å². The summed E-state index contributed by atoms with van der Waals surface area (Å²) < 4.78 is 9.99. The minimum atomic E-state index is -1.30. The summed E-state index contributed by atoms with van der Waals surface area (Å²) in [6.45, 7) is 0.534. The number of nitrogens with one attached hydrogen (secondary N) is 1. The molecule has 0 spiro atoms. The van der Waals surface area contributed by atoms with Crippen LogP contribution in [0, 0.1) is 0 Å². The molecule has 0 saturated carbocycles. The molecule has 7 nitrogen and oxygen atoms in total. The number of methoxy groups -OCH3 is 1. The lowest BCUT2D eigenvalue weighted by Crippen LogP contribution is -2.55. The highest BCUT2D eigenvalue weighted by molar-refractivity contribution is 5.87. The molecule has 17 heavy (non-hydrogen) atoms. The topological polar surface area (TPSA) is 111 Å². The van der Waals surface area contributed by atoms with Gasteiger partial charge in [-0.2, -0.15) is 0 Å². The van der Waals surface area contributed by atoms with Crippen LogP contribution >= 0.6 is 0 Å². The van der Waals surface area contributed by atoms with E-state index in [0.717, 1.165) is 0 Å². The third-order valence-corrected chi connectivity index (χ3v) is 2.82. The third kappa shape index (κ3) is 3.39. The number of carbonyl (C=O) groups is 2. The molecule has 1 amide bonds. The first-order chi connectivity index (χ1) is 8.04. The molecular formula is C10H18N2O5. The van der Waals surface area contributed by atoms with Gasteiger partial charge >= 0.3 is 5.97 Å². The van der Waals surface area contributed by atoms with Crippen LogP contribution in [0.15, 0.2) is 0 Å². The minimum Gasteiger partial charge on any atom is -0.479 e. The van der Waals surface area contributed by atoms with Gasteiger partial charge in [-0.15, -0.1) is 0 Å². The van der Waals surface area contributed by atoms with E-state index in [1.807, 2.05) is 0 Å². The van der Waals surface area contributed by atoms with Crippen molar-refractivity contribution in [2.45, 2.75) is 24.5 Å². The maximum absolute atomic E-state index is 11.7. The molecule has 0 radical (unpaired) electrons. The fourth-order valence-electron chi connectivity index (χ4n) is 1.67. The van der Waals surface area contributed by atoms with E-state index in [4.69, 9.17) is 20.3 Å². The molecule has 7 heteroatoms. The standard InChI is InChI=1S/C10H18N2O5/c1-16-7(5-11)4-8(13)12-10(9(14)15)2-3-17-6-10/h7H,2-6,11H2,1H3,(H,12,13)(H,14,15). The summed E-state index contributed by atoms with van der Waals surface area (Å²) in [5.74, 6) is -1.47. The molecule has 0 aromatic heterocycles. The van der Waals surface area contributed by atoms with Crippen LogP contribution in [0.3, 0.4) is 0 Å². The predicted molar refractivity (Wildman–Crippen MR) is 58.4 cm³/mol. The van der Waals surface area contributed by atoms with Crippen molar-refractivity contribution in [3.63, 3.8) is 0 Å². The summed E-state index contributed by atoms with van der Waals surface area (Å²) >= 11 is 0. The van der Waals surface area contributed by atoms with Gasteiger partial charge in [0, 0.05) is 26.7 Å². The smallest absolute Gasteiger partial charge is 0.331 e. The summed E-state index contributed by atoms with van der Waals surface area (Å²) in [6.07, 6.45) is -0.0840. The van der Waals surface area contributed by atoms with Crippen molar-refractivity contribution >= 4 is 11.9 Å². The van der Waals surface area contributed by atoms with E-state index in [1.54, 1.807) is 0 Å². The first kappa shape index (κ1) is 13.9. The molecule has 2 atom stereocenters.